The Bertz CT molecular complexity index is 1080. The predicted molar refractivity (Wildman–Crippen MR) is 114 cm³/mol. The van der Waals surface area contributed by atoms with E-state index in [0.717, 1.165) is 19.4 Å². The second kappa shape index (κ2) is 8.17. The van der Waals surface area contributed by atoms with E-state index in [-0.39, 0.29) is 11.5 Å². The summed E-state index contributed by atoms with van der Waals surface area (Å²) in [6.07, 6.45) is 2.02. The summed E-state index contributed by atoms with van der Waals surface area (Å²) < 4.78 is 1.26. The van der Waals surface area contributed by atoms with Gasteiger partial charge in [-0.15, -0.1) is 0 Å². The van der Waals surface area contributed by atoms with Crippen molar-refractivity contribution in [3.8, 4) is 0 Å². The number of nitrogens with zero attached hydrogens (tertiary/aromatic N) is 4. The lowest BCUT2D eigenvalue weighted by Gasteiger charge is -2.37. The van der Waals surface area contributed by atoms with Crippen LogP contribution < -0.4 is 5.56 Å². The zero-order valence-corrected chi connectivity index (χ0v) is 16.9. The van der Waals surface area contributed by atoms with E-state index in [2.05, 4.69) is 41.3 Å². The maximum absolute atomic E-state index is 13.3. The number of carbonyl (C=O) groups is 1. The van der Waals surface area contributed by atoms with Crippen molar-refractivity contribution >= 4 is 16.7 Å². The first-order valence-electron chi connectivity index (χ1n) is 10.0. The fraction of sp³-hybridized carbons (Fsp3) is 0.348. The number of benzene rings is 2. The molecule has 1 aliphatic rings. The van der Waals surface area contributed by atoms with Crippen molar-refractivity contribution in [1.29, 1.82) is 0 Å². The Kier molecular flexibility index (Phi) is 5.45. The van der Waals surface area contributed by atoms with Crippen LogP contribution in [0.5, 0.6) is 0 Å². The predicted octanol–water partition coefficient (Wildman–Crippen LogP) is 2.67. The average molecular weight is 390 g/mol. The smallest absolute Gasteiger partial charge is 0.275 e. The van der Waals surface area contributed by atoms with E-state index < -0.39 is 0 Å². The normalized spacial score (nSPS) is 17.1. The monoisotopic (exact) mass is 390 g/mol. The summed E-state index contributed by atoms with van der Waals surface area (Å²) in [6.45, 7) is 2.24. The Morgan fingerprint density at radius 1 is 1.10 bits per heavy atom. The number of hydrogen-bond donors (Lipinski definition) is 0. The molecular formula is C23H26N4O2. The van der Waals surface area contributed by atoms with Gasteiger partial charge in [0.2, 0.25) is 0 Å². The molecule has 1 unspecified atom stereocenters. The van der Waals surface area contributed by atoms with Crippen molar-refractivity contribution < 1.29 is 4.79 Å². The van der Waals surface area contributed by atoms with Gasteiger partial charge in [-0.25, -0.2) is 4.68 Å². The number of fused-ring (bicyclic) bond motifs is 1. The molecule has 1 aromatic heterocycles. The Morgan fingerprint density at radius 3 is 2.55 bits per heavy atom. The van der Waals surface area contributed by atoms with E-state index in [9.17, 15) is 9.59 Å². The van der Waals surface area contributed by atoms with Crippen LogP contribution in [0.1, 0.15) is 28.9 Å². The quantitative estimate of drug-likeness (QED) is 0.687. The summed E-state index contributed by atoms with van der Waals surface area (Å²) in [7, 11) is 3.71. The highest BCUT2D eigenvalue weighted by Gasteiger charge is 2.29. The minimum Gasteiger partial charge on any atom is -0.336 e. The van der Waals surface area contributed by atoms with Gasteiger partial charge in [-0.05, 0) is 31.5 Å². The molecule has 1 fully saturated rings. The van der Waals surface area contributed by atoms with E-state index in [4.69, 9.17) is 0 Å². The summed E-state index contributed by atoms with van der Waals surface area (Å²) >= 11 is 0. The summed E-state index contributed by atoms with van der Waals surface area (Å²) in [6, 6.07) is 17.9. The first kappa shape index (κ1) is 19.3. The van der Waals surface area contributed by atoms with Gasteiger partial charge in [0.15, 0.2) is 5.69 Å². The van der Waals surface area contributed by atoms with Gasteiger partial charge in [-0.1, -0.05) is 48.5 Å². The second-order valence-electron chi connectivity index (χ2n) is 7.77. The first-order chi connectivity index (χ1) is 14.0. The third-order valence-corrected chi connectivity index (χ3v) is 5.74. The molecule has 0 bridgehead atoms. The number of aryl methyl sites for hydroxylation is 1. The number of amides is 1. The van der Waals surface area contributed by atoms with E-state index in [0.29, 0.717) is 35.6 Å². The summed E-state index contributed by atoms with van der Waals surface area (Å²) in [5.41, 5.74) is 1.44. The Morgan fingerprint density at radius 2 is 1.79 bits per heavy atom. The molecule has 6 nitrogen and oxygen atoms in total. The van der Waals surface area contributed by atoms with Crippen molar-refractivity contribution in [3.05, 3.63) is 76.2 Å². The number of piperidine rings is 1. The first-order valence-corrected chi connectivity index (χ1v) is 10.0. The summed E-state index contributed by atoms with van der Waals surface area (Å²) in [5, 5.41) is 5.47. The molecule has 29 heavy (non-hydrogen) atoms. The van der Waals surface area contributed by atoms with Crippen LogP contribution in [0, 0.1) is 0 Å². The van der Waals surface area contributed by atoms with Gasteiger partial charge in [-0.3, -0.25) is 14.5 Å². The standard InChI is InChI=1S/C23H26N4O2/c1-25(15-17-9-4-3-5-10-17)18-11-8-14-27(16-18)23(29)21-19-12-6-7-13-20(19)22(28)26(2)24-21/h3-7,9-10,12-13,18H,8,11,14-16H2,1-2H3. The van der Waals surface area contributed by atoms with E-state index in [1.54, 1.807) is 19.2 Å². The third kappa shape index (κ3) is 3.93. The molecule has 2 aromatic carbocycles. The molecule has 150 valence electrons. The molecule has 1 amide bonds. The molecule has 4 rings (SSSR count). The number of carbonyl (C=O) groups excluding carboxylic acids is 1. The van der Waals surface area contributed by atoms with Gasteiger partial charge in [0.1, 0.15) is 0 Å². The van der Waals surface area contributed by atoms with Crippen molar-refractivity contribution in [1.82, 2.24) is 19.6 Å². The topological polar surface area (TPSA) is 58.4 Å². The SMILES string of the molecule is CN(Cc1ccccc1)C1CCCN(C(=O)c2nn(C)c(=O)c3ccccc23)C1. The molecule has 1 saturated heterocycles. The molecule has 2 heterocycles. The summed E-state index contributed by atoms with van der Waals surface area (Å²) in [4.78, 5) is 29.9. The zero-order valence-electron chi connectivity index (χ0n) is 16.9. The highest BCUT2D eigenvalue weighted by molar-refractivity contribution is 6.04. The van der Waals surface area contributed by atoms with Crippen molar-refractivity contribution in [3.63, 3.8) is 0 Å². The molecule has 0 radical (unpaired) electrons. The molecule has 1 atom stereocenters. The number of aromatic nitrogens is 2. The van der Waals surface area contributed by atoms with Crippen molar-refractivity contribution in [2.24, 2.45) is 7.05 Å². The van der Waals surface area contributed by atoms with Gasteiger partial charge >= 0.3 is 0 Å². The molecule has 6 heteroatoms. The van der Waals surface area contributed by atoms with Gasteiger partial charge in [-0.2, -0.15) is 5.10 Å². The molecule has 0 saturated carbocycles. The van der Waals surface area contributed by atoms with Crippen molar-refractivity contribution in [2.75, 3.05) is 20.1 Å². The van der Waals surface area contributed by atoms with Crippen LogP contribution in [0.3, 0.4) is 0 Å². The van der Waals surface area contributed by atoms with Crippen LogP contribution in [0.15, 0.2) is 59.4 Å². The molecule has 0 aliphatic carbocycles. The van der Waals surface area contributed by atoms with Gasteiger partial charge < -0.3 is 4.90 Å². The van der Waals surface area contributed by atoms with Crippen LogP contribution in [0.25, 0.3) is 10.8 Å². The fourth-order valence-electron chi connectivity index (χ4n) is 4.11. The van der Waals surface area contributed by atoms with E-state index in [1.165, 1.54) is 10.2 Å². The highest BCUT2D eigenvalue weighted by Crippen LogP contribution is 2.21. The van der Waals surface area contributed by atoms with Crippen molar-refractivity contribution in [2.45, 2.75) is 25.4 Å². The van der Waals surface area contributed by atoms with Crippen LogP contribution >= 0.6 is 0 Å². The maximum atomic E-state index is 13.3. The fourth-order valence-corrected chi connectivity index (χ4v) is 4.11. The lowest BCUT2D eigenvalue weighted by molar-refractivity contribution is 0.0596. The molecule has 1 aliphatic heterocycles. The highest BCUT2D eigenvalue weighted by atomic mass is 16.2. The average Bonchev–Trinajstić information content (AvgIpc) is 2.76. The molecular weight excluding hydrogens is 364 g/mol. The lowest BCUT2D eigenvalue weighted by atomic mass is 10.0. The Hall–Kier alpha value is -2.99. The van der Waals surface area contributed by atoms with Gasteiger partial charge in [0, 0.05) is 38.1 Å². The van der Waals surface area contributed by atoms with Crippen LogP contribution in [-0.2, 0) is 13.6 Å². The minimum atomic E-state index is -0.184. The third-order valence-electron chi connectivity index (χ3n) is 5.74. The number of likely N-dealkylation sites (N-methyl/N-ethyl adjacent to an activating group) is 1. The van der Waals surface area contributed by atoms with Gasteiger partial charge in [0.05, 0.1) is 5.39 Å². The zero-order chi connectivity index (χ0) is 20.4. The minimum absolute atomic E-state index is 0.102. The second-order valence-corrected chi connectivity index (χ2v) is 7.77. The van der Waals surface area contributed by atoms with E-state index in [1.807, 2.05) is 23.1 Å². The largest absolute Gasteiger partial charge is 0.336 e. The molecule has 0 N–H and O–H groups in total. The Balaban J connectivity index is 1.56. The van der Waals surface area contributed by atoms with Crippen LogP contribution in [0.2, 0.25) is 0 Å². The molecule has 3 aromatic rings. The summed E-state index contributed by atoms with van der Waals surface area (Å²) in [5.74, 6) is -0.102. The van der Waals surface area contributed by atoms with Crippen LogP contribution in [-0.4, -0.2) is 51.7 Å². The number of rotatable bonds is 4. The number of likely N-dealkylation sites (tertiary alicyclic amines) is 1. The molecule has 0 spiro atoms. The Labute approximate surface area is 170 Å². The lowest BCUT2D eigenvalue weighted by Crippen LogP contribution is -2.48. The number of hydrogen-bond acceptors (Lipinski definition) is 4. The maximum Gasteiger partial charge on any atom is 0.275 e. The van der Waals surface area contributed by atoms with Gasteiger partial charge in [0.25, 0.3) is 11.5 Å². The van der Waals surface area contributed by atoms with Crippen LogP contribution in [0.4, 0.5) is 0 Å². The van der Waals surface area contributed by atoms with E-state index >= 15 is 0 Å².